The molecule has 2 aromatic rings. The summed E-state index contributed by atoms with van der Waals surface area (Å²) in [7, 11) is 1.97. The normalized spacial score (nSPS) is 10.7. The van der Waals surface area contributed by atoms with Gasteiger partial charge in [0.1, 0.15) is 11.0 Å². The summed E-state index contributed by atoms with van der Waals surface area (Å²) in [5, 5.41) is 0. The summed E-state index contributed by atoms with van der Waals surface area (Å²) in [4.78, 5) is 14.4. The third-order valence-corrected chi connectivity index (χ3v) is 2.75. The molecule has 14 heavy (non-hydrogen) atoms. The van der Waals surface area contributed by atoms with Crippen molar-refractivity contribution in [2.24, 2.45) is 5.73 Å². The SMILES string of the molecule is CN(CCN)c1ncnc2ncsc12. The van der Waals surface area contributed by atoms with Crippen LogP contribution in [0.3, 0.4) is 0 Å². The molecule has 0 saturated heterocycles. The monoisotopic (exact) mass is 209 g/mol. The van der Waals surface area contributed by atoms with Crippen molar-refractivity contribution in [3.63, 3.8) is 0 Å². The highest BCUT2D eigenvalue weighted by Crippen LogP contribution is 2.24. The molecule has 0 aliphatic heterocycles. The Hall–Kier alpha value is -1.27. The van der Waals surface area contributed by atoms with Crippen LogP contribution in [0.1, 0.15) is 0 Å². The number of hydrogen-bond acceptors (Lipinski definition) is 6. The number of anilines is 1. The highest BCUT2D eigenvalue weighted by Gasteiger charge is 2.09. The van der Waals surface area contributed by atoms with E-state index in [-0.39, 0.29) is 0 Å². The Morgan fingerprint density at radius 1 is 1.43 bits per heavy atom. The second-order valence-corrected chi connectivity index (χ2v) is 3.77. The molecular formula is C8H11N5S. The van der Waals surface area contributed by atoms with E-state index in [1.807, 2.05) is 11.9 Å². The van der Waals surface area contributed by atoms with Gasteiger partial charge in [-0.15, -0.1) is 11.3 Å². The van der Waals surface area contributed by atoms with E-state index in [1.54, 1.807) is 16.8 Å². The quantitative estimate of drug-likeness (QED) is 0.796. The molecule has 0 bridgehead atoms. The van der Waals surface area contributed by atoms with Crippen LogP contribution in [0.15, 0.2) is 11.8 Å². The summed E-state index contributed by atoms with van der Waals surface area (Å²) in [6, 6.07) is 0. The first kappa shape index (κ1) is 9.29. The van der Waals surface area contributed by atoms with Gasteiger partial charge in [-0.2, -0.15) is 0 Å². The maximum absolute atomic E-state index is 5.49. The van der Waals surface area contributed by atoms with Gasteiger partial charge in [-0.25, -0.2) is 15.0 Å². The van der Waals surface area contributed by atoms with E-state index in [9.17, 15) is 0 Å². The van der Waals surface area contributed by atoms with Gasteiger partial charge in [-0.3, -0.25) is 0 Å². The highest BCUT2D eigenvalue weighted by atomic mass is 32.1. The molecule has 0 radical (unpaired) electrons. The van der Waals surface area contributed by atoms with E-state index < -0.39 is 0 Å². The second kappa shape index (κ2) is 3.85. The summed E-state index contributed by atoms with van der Waals surface area (Å²) < 4.78 is 1.02. The molecule has 2 heterocycles. The van der Waals surface area contributed by atoms with E-state index in [0.29, 0.717) is 6.54 Å². The molecule has 5 nitrogen and oxygen atoms in total. The molecule has 2 rings (SSSR count). The molecule has 0 saturated carbocycles. The molecule has 0 aliphatic carbocycles. The molecule has 0 spiro atoms. The Morgan fingerprint density at radius 2 is 2.29 bits per heavy atom. The molecule has 74 valence electrons. The second-order valence-electron chi connectivity index (χ2n) is 2.91. The van der Waals surface area contributed by atoms with Crippen molar-refractivity contribution >= 4 is 27.5 Å². The van der Waals surface area contributed by atoms with Gasteiger partial charge in [-0.1, -0.05) is 0 Å². The predicted molar refractivity (Wildman–Crippen MR) is 57.5 cm³/mol. The minimum atomic E-state index is 0.612. The average Bonchev–Trinajstić information content (AvgIpc) is 2.65. The zero-order valence-electron chi connectivity index (χ0n) is 7.84. The van der Waals surface area contributed by atoms with Crippen LogP contribution in [0.2, 0.25) is 0 Å². The molecule has 0 amide bonds. The van der Waals surface area contributed by atoms with Crippen molar-refractivity contribution in [3.05, 3.63) is 11.8 Å². The number of thiazole rings is 1. The third-order valence-electron chi connectivity index (χ3n) is 1.94. The van der Waals surface area contributed by atoms with Crippen LogP contribution in [0.25, 0.3) is 10.3 Å². The number of nitrogens with zero attached hydrogens (tertiary/aromatic N) is 4. The van der Waals surface area contributed by atoms with Crippen molar-refractivity contribution in [2.75, 3.05) is 25.0 Å². The molecule has 0 aromatic carbocycles. The van der Waals surface area contributed by atoms with E-state index in [2.05, 4.69) is 15.0 Å². The van der Waals surface area contributed by atoms with E-state index >= 15 is 0 Å². The van der Waals surface area contributed by atoms with Crippen LogP contribution in [0.5, 0.6) is 0 Å². The van der Waals surface area contributed by atoms with Crippen molar-refractivity contribution in [2.45, 2.75) is 0 Å². The minimum absolute atomic E-state index is 0.612. The summed E-state index contributed by atoms with van der Waals surface area (Å²) in [5.74, 6) is 0.906. The third kappa shape index (κ3) is 1.53. The first-order chi connectivity index (χ1) is 6.83. The van der Waals surface area contributed by atoms with Crippen LogP contribution in [0, 0.1) is 0 Å². The van der Waals surface area contributed by atoms with E-state index in [0.717, 1.165) is 22.7 Å². The molecule has 6 heteroatoms. The Balaban J connectivity index is 2.45. The fourth-order valence-corrected chi connectivity index (χ4v) is 2.04. The largest absolute Gasteiger partial charge is 0.357 e. The van der Waals surface area contributed by atoms with Gasteiger partial charge in [0.25, 0.3) is 0 Å². The zero-order chi connectivity index (χ0) is 9.97. The summed E-state index contributed by atoms with van der Waals surface area (Å²) in [6.07, 6.45) is 1.53. The first-order valence-electron chi connectivity index (χ1n) is 4.28. The van der Waals surface area contributed by atoms with Gasteiger partial charge in [0.15, 0.2) is 11.5 Å². The van der Waals surface area contributed by atoms with Crippen molar-refractivity contribution in [1.82, 2.24) is 15.0 Å². The standard InChI is InChI=1S/C8H11N5S/c1-13(3-2-9)8-6-7(10-4-11-8)12-5-14-6/h4-5H,2-3,9H2,1H3. The summed E-state index contributed by atoms with van der Waals surface area (Å²) in [6.45, 7) is 1.39. The smallest absolute Gasteiger partial charge is 0.175 e. The fourth-order valence-electron chi connectivity index (χ4n) is 1.25. The van der Waals surface area contributed by atoms with Gasteiger partial charge in [-0.05, 0) is 0 Å². The predicted octanol–water partition coefficient (Wildman–Crippen LogP) is 0.481. The fraction of sp³-hybridized carbons (Fsp3) is 0.375. The highest BCUT2D eigenvalue weighted by molar-refractivity contribution is 7.17. The zero-order valence-corrected chi connectivity index (χ0v) is 8.66. The van der Waals surface area contributed by atoms with Crippen molar-refractivity contribution in [1.29, 1.82) is 0 Å². The van der Waals surface area contributed by atoms with Gasteiger partial charge in [0, 0.05) is 20.1 Å². The maximum atomic E-state index is 5.49. The van der Waals surface area contributed by atoms with Gasteiger partial charge in [0.2, 0.25) is 0 Å². The lowest BCUT2D eigenvalue weighted by Crippen LogP contribution is -2.25. The van der Waals surface area contributed by atoms with Crippen LogP contribution in [-0.4, -0.2) is 35.1 Å². The Kier molecular flexibility index (Phi) is 2.55. The van der Waals surface area contributed by atoms with E-state index in [1.165, 1.54) is 6.33 Å². The number of rotatable bonds is 3. The van der Waals surface area contributed by atoms with Gasteiger partial charge >= 0.3 is 0 Å². The van der Waals surface area contributed by atoms with Crippen LogP contribution in [-0.2, 0) is 0 Å². The Bertz CT molecular complexity index is 426. The van der Waals surface area contributed by atoms with Crippen molar-refractivity contribution < 1.29 is 0 Å². The molecule has 0 fully saturated rings. The molecule has 0 aliphatic rings. The maximum Gasteiger partial charge on any atom is 0.175 e. The number of aromatic nitrogens is 3. The van der Waals surface area contributed by atoms with Crippen LogP contribution >= 0.6 is 11.3 Å². The van der Waals surface area contributed by atoms with E-state index in [4.69, 9.17) is 5.73 Å². The number of fused-ring (bicyclic) bond motifs is 1. The lowest BCUT2D eigenvalue weighted by atomic mass is 10.4. The van der Waals surface area contributed by atoms with Gasteiger partial charge in [0.05, 0.1) is 5.51 Å². The summed E-state index contributed by atoms with van der Waals surface area (Å²) >= 11 is 1.55. The molecule has 0 atom stereocenters. The first-order valence-corrected chi connectivity index (χ1v) is 5.16. The van der Waals surface area contributed by atoms with Gasteiger partial charge < -0.3 is 10.6 Å². The molecule has 0 unspecified atom stereocenters. The number of nitrogens with two attached hydrogens (primary N) is 1. The minimum Gasteiger partial charge on any atom is -0.357 e. The Morgan fingerprint density at radius 3 is 3.07 bits per heavy atom. The van der Waals surface area contributed by atoms with Crippen molar-refractivity contribution in [3.8, 4) is 0 Å². The molecular weight excluding hydrogens is 198 g/mol. The lowest BCUT2D eigenvalue weighted by molar-refractivity contribution is 0.871. The Labute approximate surface area is 85.6 Å². The van der Waals surface area contributed by atoms with Crippen LogP contribution in [0.4, 0.5) is 5.82 Å². The molecule has 2 N–H and O–H groups in total. The number of hydrogen-bond donors (Lipinski definition) is 1. The summed E-state index contributed by atoms with van der Waals surface area (Å²) in [5.41, 5.74) is 8.02. The molecule has 2 aromatic heterocycles. The average molecular weight is 209 g/mol. The topological polar surface area (TPSA) is 67.9 Å². The lowest BCUT2D eigenvalue weighted by Gasteiger charge is -2.16. The van der Waals surface area contributed by atoms with Crippen LogP contribution < -0.4 is 10.6 Å². The number of likely N-dealkylation sites (N-methyl/N-ethyl adjacent to an activating group) is 1.